The van der Waals surface area contributed by atoms with Crippen LogP contribution in [0.2, 0.25) is 0 Å². The van der Waals surface area contributed by atoms with E-state index in [0.717, 1.165) is 34.2 Å². The van der Waals surface area contributed by atoms with Crippen LogP contribution >= 0.6 is 12.2 Å². The zero-order valence-corrected chi connectivity index (χ0v) is 19.6. The number of hydrazine groups is 1. The van der Waals surface area contributed by atoms with Crippen molar-refractivity contribution in [3.05, 3.63) is 46.6 Å². The zero-order valence-electron chi connectivity index (χ0n) is 18.8. The quantitative estimate of drug-likeness (QED) is 0.381. The Labute approximate surface area is 200 Å². The molecule has 1 aromatic carbocycles. The highest BCUT2D eigenvalue weighted by Gasteiger charge is 2.46. The van der Waals surface area contributed by atoms with Gasteiger partial charge in [-0.25, -0.2) is 4.68 Å². The van der Waals surface area contributed by atoms with Crippen LogP contribution in [-0.2, 0) is 4.74 Å². The second kappa shape index (κ2) is 9.79. The van der Waals surface area contributed by atoms with Crippen molar-refractivity contribution in [1.29, 1.82) is 0 Å². The molecule has 3 heterocycles. The standard InChI is InChI=1S/C22H27F3N6O2S/c1-12-5-6-14(8-13(12)2)16-9-18(22(23,24)25)31-19(27-16)10-17(30-31)20(32)28-29-21(34)26-11-15-4-3-7-33-15/h5-6,8,10,15-16,18,27H,3-4,7,9,11H2,1-2H3,(H,28,32)(H2,26,29,34). The average molecular weight is 497 g/mol. The molecule has 3 atom stereocenters. The van der Waals surface area contributed by atoms with Crippen molar-refractivity contribution in [2.24, 2.45) is 0 Å². The fourth-order valence-electron chi connectivity index (χ4n) is 4.12. The van der Waals surface area contributed by atoms with E-state index >= 15 is 0 Å². The van der Waals surface area contributed by atoms with Gasteiger partial charge in [0.1, 0.15) is 5.82 Å². The molecule has 12 heteroatoms. The summed E-state index contributed by atoms with van der Waals surface area (Å²) in [7, 11) is 0. The molecular weight excluding hydrogens is 469 g/mol. The van der Waals surface area contributed by atoms with E-state index in [1.165, 1.54) is 6.07 Å². The summed E-state index contributed by atoms with van der Waals surface area (Å²) in [5.74, 6) is -0.574. The number of anilines is 1. The lowest BCUT2D eigenvalue weighted by atomic mass is 9.94. The molecule has 1 saturated heterocycles. The number of alkyl halides is 3. The van der Waals surface area contributed by atoms with Gasteiger partial charge in [0.25, 0.3) is 5.91 Å². The number of amides is 1. The summed E-state index contributed by atoms with van der Waals surface area (Å²) < 4.78 is 48.0. The molecule has 2 aliphatic rings. The molecule has 8 nitrogen and oxygen atoms in total. The van der Waals surface area contributed by atoms with Crippen molar-refractivity contribution in [2.45, 2.75) is 57.5 Å². The van der Waals surface area contributed by atoms with E-state index in [1.54, 1.807) is 0 Å². The maximum absolute atomic E-state index is 13.9. The Balaban J connectivity index is 1.45. The molecule has 3 unspecified atom stereocenters. The van der Waals surface area contributed by atoms with Crippen LogP contribution in [0.1, 0.15) is 58.5 Å². The Morgan fingerprint density at radius 3 is 2.74 bits per heavy atom. The number of rotatable bonds is 4. The number of nitrogens with zero attached hydrogens (tertiary/aromatic N) is 2. The molecule has 1 aromatic heterocycles. The maximum Gasteiger partial charge on any atom is 0.410 e. The lowest BCUT2D eigenvalue weighted by Gasteiger charge is -2.33. The smallest absolute Gasteiger partial charge is 0.376 e. The zero-order chi connectivity index (χ0) is 24.5. The van der Waals surface area contributed by atoms with E-state index in [9.17, 15) is 18.0 Å². The number of carbonyl (C=O) groups excluding carboxylic acids is 1. The molecule has 0 radical (unpaired) electrons. The highest BCUT2D eigenvalue weighted by Crippen LogP contribution is 2.43. The number of carbonyl (C=O) groups is 1. The van der Waals surface area contributed by atoms with E-state index in [4.69, 9.17) is 17.0 Å². The second-order valence-corrected chi connectivity index (χ2v) is 9.03. The number of hydrogen-bond acceptors (Lipinski definition) is 5. The fraction of sp³-hybridized carbons (Fsp3) is 0.500. The third kappa shape index (κ3) is 5.44. The predicted octanol–water partition coefficient (Wildman–Crippen LogP) is 3.45. The summed E-state index contributed by atoms with van der Waals surface area (Å²) in [6.45, 7) is 5.08. The Morgan fingerprint density at radius 2 is 2.06 bits per heavy atom. The van der Waals surface area contributed by atoms with Crippen molar-refractivity contribution >= 4 is 29.1 Å². The molecule has 4 N–H and O–H groups in total. The average Bonchev–Trinajstić information content (AvgIpc) is 3.46. The Morgan fingerprint density at radius 1 is 1.26 bits per heavy atom. The normalized spacial score (nSPS) is 22.0. The molecular formula is C22H27F3N6O2S. The second-order valence-electron chi connectivity index (χ2n) is 8.62. The van der Waals surface area contributed by atoms with Crippen molar-refractivity contribution < 1.29 is 22.7 Å². The topological polar surface area (TPSA) is 92.2 Å². The molecule has 184 valence electrons. The first-order valence-electron chi connectivity index (χ1n) is 11.1. The largest absolute Gasteiger partial charge is 0.410 e. The number of fused-ring (bicyclic) bond motifs is 1. The molecule has 0 aliphatic carbocycles. The van der Waals surface area contributed by atoms with Gasteiger partial charge in [0.2, 0.25) is 0 Å². The summed E-state index contributed by atoms with van der Waals surface area (Å²) in [6.07, 6.45) is -2.78. The predicted molar refractivity (Wildman–Crippen MR) is 124 cm³/mol. The van der Waals surface area contributed by atoms with Crippen LogP contribution in [0.25, 0.3) is 0 Å². The monoisotopic (exact) mass is 496 g/mol. The molecule has 2 aromatic rings. The summed E-state index contributed by atoms with van der Waals surface area (Å²) in [5.41, 5.74) is 7.57. The summed E-state index contributed by atoms with van der Waals surface area (Å²) in [4.78, 5) is 12.5. The number of thiocarbonyl (C=S) groups is 1. The van der Waals surface area contributed by atoms with Crippen molar-refractivity contribution in [3.63, 3.8) is 0 Å². The minimum Gasteiger partial charge on any atom is -0.376 e. The highest BCUT2D eigenvalue weighted by molar-refractivity contribution is 7.80. The van der Waals surface area contributed by atoms with E-state index in [-0.39, 0.29) is 29.1 Å². The molecule has 4 rings (SSSR count). The highest BCUT2D eigenvalue weighted by atomic mass is 32.1. The Kier molecular flexibility index (Phi) is 6.99. The van der Waals surface area contributed by atoms with Gasteiger partial charge < -0.3 is 15.4 Å². The van der Waals surface area contributed by atoms with Gasteiger partial charge in [-0.2, -0.15) is 18.3 Å². The Hall–Kier alpha value is -2.86. The summed E-state index contributed by atoms with van der Waals surface area (Å²) >= 11 is 5.12. The fourth-order valence-corrected chi connectivity index (χ4v) is 4.25. The van der Waals surface area contributed by atoms with Crippen LogP contribution in [0.3, 0.4) is 0 Å². The molecule has 1 fully saturated rings. The first kappa shape index (κ1) is 24.3. The molecule has 1 amide bonds. The number of hydrogen-bond donors (Lipinski definition) is 4. The molecule has 0 saturated carbocycles. The lowest BCUT2D eigenvalue weighted by Crippen LogP contribution is -2.48. The molecule has 34 heavy (non-hydrogen) atoms. The van der Waals surface area contributed by atoms with Crippen LogP contribution < -0.4 is 21.5 Å². The first-order chi connectivity index (χ1) is 16.1. The van der Waals surface area contributed by atoms with E-state index < -0.39 is 24.2 Å². The van der Waals surface area contributed by atoms with Gasteiger partial charge in [-0.1, -0.05) is 18.2 Å². The summed E-state index contributed by atoms with van der Waals surface area (Å²) in [6, 6.07) is 4.47. The van der Waals surface area contributed by atoms with Gasteiger partial charge in [0.15, 0.2) is 16.8 Å². The number of benzene rings is 1. The van der Waals surface area contributed by atoms with E-state index in [0.29, 0.717) is 13.2 Å². The SMILES string of the molecule is Cc1ccc(C2CC(C(F)(F)F)n3nc(C(=O)NNC(=S)NCC4CCCO4)cc3N2)cc1C. The lowest BCUT2D eigenvalue weighted by molar-refractivity contribution is -0.173. The Bertz CT molecular complexity index is 1070. The number of halogens is 3. The van der Waals surface area contributed by atoms with Crippen LogP contribution in [0.4, 0.5) is 19.0 Å². The van der Waals surface area contributed by atoms with Crippen LogP contribution in [0.15, 0.2) is 24.3 Å². The van der Waals surface area contributed by atoms with Gasteiger partial charge in [0.05, 0.1) is 12.1 Å². The molecule has 0 spiro atoms. The van der Waals surface area contributed by atoms with Gasteiger partial charge >= 0.3 is 6.18 Å². The van der Waals surface area contributed by atoms with Gasteiger partial charge in [-0.3, -0.25) is 15.6 Å². The number of aryl methyl sites for hydroxylation is 2. The maximum atomic E-state index is 13.9. The minimum absolute atomic E-state index is 0.0611. The van der Waals surface area contributed by atoms with Gasteiger partial charge in [0, 0.05) is 25.6 Å². The van der Waals surface area contributed by atoms with Gasteiger partial charge in [-0.15, -0.1) is 0 Å². The van der Waals surface area contributed by atoms with Crippen LogP contribution in [-0.4, -0.2) is 46.2 Å². The minimum atomic E-state index is -4.53. The summed E-state index contributed by atoms with van der Waals surface area (Å²) in [5, 5.41) is 10.2. The first-order valence-corrected chi connectivity index (χ1v) is 11.5. The van der Waals surface area contributed by atoms with Crippen LogP contribution in [0, 0.1) is 13.8 Å². The third-order valence-electron chi connectivity index (χ3n) is 6.16. The van der Waals surface area contributed by atoms with E-state index in [1.807, 2.05) is 32.0 Å². The number of aromatic nitrogens is 2. The van der Waals surface area contributed by atoms with Crippen LogP contribution in [0.5, 0.6) is 0 Å². The third-order valence-corrected chi connectivity index (χ3v) is 6.41. The molecule has 0 bridgehead atoms. The number of nitrogens with one attached hydrogen (secondary N) is 4. The number of ether oxygens (including phenoxy) is 1. The van der Waals surface area contributed by atoms with Crippen molar-refractivity contribution in [2.75, 3.05) is 18.5 Å². The van der Waals surface area contributed by atoms with Crippen molar-refractivity contribution in [3.8, 4) is 0 Å². The van der Waals surface area contributed by atoms with E-state index in [2.05, 4.69) is 26.6 Å². The van der Waals surface area contributed by atoms with Crippen molar-refractivity contribution in [1.82, 2.24) is 25.9 Å². The molecule has 2 aliphatic heterocycles. The van der Waals surface area contributed by atoms with Gasteiger partial charge in [-0.05, 0) is 55.6 Å².